The lowest BCUT2D eigenvalue weighted by Gasteiger charge is -2.24. The van der Waals surface area contributed by atoms with E-state index in [2.05, 4.69) is 221 Å². The summed E-state index contributed by atoms with van der Waals surface area (Å²) in [6, 6.07) is 56.1. The molecule has 114 heavy (non-hydrogen) atoms. The van der Waals surface area contributed by atoms with E-state index in [-0.39, 0.29) is 23.6 Å². The summed E-state index contributed by atoms with van der Waals surface area (Å²) in [7, 11) is 0. The number of rotatable bonds is 18. The van der Waals surface area contributed by atoms with Crippen LogP contribution < -0.4 is 0 Å². The van der Waals surface area contributed by atoms with Crippen LogP contribution in [0.2, 0.25) is 0 Å². The van der Waals surface area contributed by atoms with Gasteiger partial charge in [0, 0.05) is 69.7 Å². The minimum Gasteiger partial charge on any atom is -0.294 e. The van der Waals surface area contributed by atoms with E-state index in [0.29, 0.717) is 48.9 Å². The molecule has 6 aromatic carbocycles. The standard InChI is InChI=1S/2C30H29N7O.C30H31N7O/c2*1-19-12-15-31-26(16-19)23-10-11-24(27-33-35-36-34-27)25(17-23)21-6-4-20(5-7-21)18-37-28(22-8-9-22)32-30(29(37)38)13-2-3-14-30;1-19(2)28-32-30(13-4-5-14-30)29(38)37(28)18-21-6-8-22(9-7-21)25-17-23(26-16-20(3)12-15-31-26)10-11-24(25)27-33-35-36-34-27/h2*4-7,10-12,15-17,22H,2-3,8-9,13-14,18H2,1H3,(H,33,34,35,36);6-12,15-17,19H,4-5,13-14,18H2,1-3H3,(H,33,34,35,36). The summed E-state index contributed by atoms with van der Waals surface area (Å²) in [6.45, 7) is 12.1. The molecule has 572 valence electrons. The third-order valence-electron chi connectivity index (χ3n) is 23.7. The van der Waals surface area contributed by atoms with E-state index in [1.54, 1.807) is 0 Å². The number of aromatic amines is 3. The number of carbonyl (C=O) groups excluding carboxylic acids is 3. The maximum Gasteiger partial charge on any atom is 0.256 e. The maximum atomic E-state index is 13.5. The van der Waals surface area contributed by atoms with Crippen molar-refractivity contribution in [3.8, 4) is 101 Å². The SMILES string of the molecule is Cc1ccnc(-c2ccc(-c3nn[nH]n3)c(-c3ccc(CN4C(=O)C5(CCCC5)N=C4C(C)C)cc3)c2)c1.Cc1ccnc(-c2ccc(-c3nn[nH]n3)c(-c3ccc(CN4C(=O)C5(CCCC5)N=C4C4CC4)cc3)c2)c1.Cc1ccnc(-c2ccc(-c3nn[nH]n3)c(-c3ccc(CN4C(=O)C5(CCCC5)N=C4C4CC4)cc3)c2)c1. The lowest BCUT2D eigenvalue weighted by atomic mass is 9.94. The van der Waals surface area contributed by atoms with Crippen molar-refractivity contribution in [2.24, 2.45) is 32.7 Å². The number of amides is 3. The van der Waals surface area contributed by atoms with Crippen molar-refractivity contribution in [2.75, 3.05) is 0 Å². The third kappa shape index (κ3) is 14.5. The van der Waals surface area contributed by atoms with E-state index >= 15 is 0 Å². The monoisotopic (exact) mass is 1510 g/mol. The van der Waals surface area contributed by atoms with Crippen molar-refractivity contribution < 1.29 is 14.4 Å². The normalized spacial score (nSPS) is 17.8. The summed E-state index contributed by atoms with van der Waals surface area (Å²) in [4.78, 5) is 75.2. The van der Waals surface area contributed by atoms with Gasteiger partial charge in [-0.25, -0.2) is 0 Å². The van der Waals surface area contributed by atoms with Crippen LogP contribution in [-0.2, 0) is 34.0 Å². The molecule has 0 saturated heterocycles. The Hall–Kier alpha value is -12.6. The number of hydrogen-bond donors (Lipinski definition) is 3. The molecule has 0 atom stereocenters. The number of nitrogens with zero attached hydrogens (tertiary/aromatic N) is 18. The molecule has 3 amide bonds. The number of aryl methyl sites for hydroxylation is 3. The average Bonchev–Trinajstić information content (AvgIpc) is 1.60. The van der Waals surface area contributed by atoms with Crippen LogP contribution in [0, 0.1) is 38.5 Å². The maximum absolute atomic E-state index is 13.5. The number of aromatic nitrogens is 15. The Bertz CT molecular complexity index is 5130. The van der Waals surface area contributed by atoms with Crippen LogP contribution in [0.25, 0.3) is 101 Å². The fourth-order valence-corrected chi connectivity index (χ4v) is 17.3. The van der Waals surface area contributed by atoms with Gasteiger partial charge in [-0.2, -0.15) is 15.6 Å². The van der Waals surface area contributed by atoms with Crippen LogP contribution in [-0.4, -0.2) is 143 Å². The minimum absolute atomic E-state index is 0.167. The summed E-state index contributed by atoms with van der Waals surface area (Å²) in [5.41, 5.74) is 19.8. The van der Waals surface area contributed by atoms with E-state index in [1.807, 2.05) is 87.9 Å². The molecule has 0 unspecified atom stereocenters. The molecule has 3 N–H and O–H groups in total. The molecule has 3 spiro atoms. The molecular formula is C90H89N21O3. The Balaban J connectivity index is 0.000000119. The Kier molecular flexibility index (Phi) is 19.5. The van der Waals surface area contributed by atoms with Crippen LogP contribution in [0.5, 0.6) is 0 Å². The molecule has 9 heterocycles. The van der Waals surface area contributed by atoms with Crippen molar-refractivity contribution in [2.45, 2.75) is 174 Å². The highest BCUT2D eigenvalue weighted by Gasteiger charge is 2.54. The molecule has 0 bridgehead atoms. The van der Waals surface area contributed by atoms with Crippen LogP contribution in [0.4, 0.5) is 0 Å². The largest absolute Gasteiger partial charge is 0.294 e. The van der Waals surface area contributed by atoms with Gasteiger partial charge in [-0.05, 0) is 240 Å². The predicted octanol–water partition coefficient (Wildman–Crippen LogP) is 16.3. The molecule has 5 aliphatic carbocycles. The fourth-order valence-electron chi connectivity index (χ4n) is 17.3. The predicted molar refractivity (Wildman–Crippen MR) is 437 cm³/mol. The highest BCUT2D eigenvalue weighted by atomic mass is 16.2. The van der Waals surface area contributed by atoms with Crippen LogP contribution in [0.3, 0.4) is 0 Å². The number of aliphatic imine (C=N–C) groups is 3. The summed E-state index contributed by atoms with van der Waals surface area (Å²) < 4.78 is 0. The van der Waals surface area contributed by atoms with Gasteiger partial charge in [0.2, 0.25) is 17.5 Å². The quantitative estimate of drug-likeness (QED) is 0.0719. The van der Waals surface area contributed by atoms with Crippen LogP contribution >= 0.6 is 0 Å². The molecular weight excluding hydrogens is 1420 g/mol. The number of hydrogen-bond acceptors (Lipinski definition) is 18. The summed E-state index contributed by atoms with van der Waals surface area (Å²) >= 11 is 0. The van der Waals surface area contributed by atoms with Crippen molar-refractivity contribution in [3.05, 3.63) is 216 Å². The number of carbonyl (C=O) groups is 3. The second-order valence-corrected chi connectivity index (χ2v) is 32.2. The Morgan fingerprint density at radius 1 is 0.360 bits per heavy atom. The molecule has 12 aromatic rings. The van der Waals surface area contributed by atoms with Gasteiger partial charge in [0.1, 0.15) is 34.1 Å². The molecule has 5 saturated carbocycles. The first-order chi connectivity index (χ1) is 55.6. The Labute approximate surface area is 661 Å². The summed E-state index contributed by atoms with van der Waals surface area (Å²) in [6.07, 6.45) is 21.9. The molecule has 3 aliphatic heterocycles. The van der Waals surface area contributed by atoms with Crippen LogP contribution in [0.15, 0.2) is 197 Å². The molecule has 5 fully saturated rings. The zero-order valence-corrected chi connectivity index (χ0v) is 64.8. The zero-order chi connectivity index (χ0) is 77.7. The lowest BCUT2D eigenvalue weighted by Crippen LogP contribution is -2.41. The second kappa shape index (κ2) is 30.5. The minimum atomic E-state index is -0.524. The van der Waals surface area contributed by atoms with Crippen molar-refractivity contribution in [1.82, 2.24) is 91.5 Å². The highest BCUT2D eigenvalue weighted by Crippen LogP contribution is 2.48. The number of tetrazole rings is 3. The molecule has 24 heteroatoms. The van der Waals surface area contributed by atoms with Crippen molar-refractivity contribution in [3.63, 3.8) is 0 Å². The van der Waals surface area contributed by atoms with E-state index < -0.39 is 16.6 Å². The summed E-state index contributed by atoms with van der Waals surface area (Å²) in [5, 5.41) is 44.3. The van der Waals surface area contributed by atoms with Gasteiger partial charge in [-0.1, -0.05) is 143 Å². The zero-order valence-electron chi connectivity index (χ0n) is 64.8. The van der Waals surface area contributed by atoms with Gasteiger partial charge < -0.3 is 0 Å². The number of nitrogens with one attached hydrogen (secondary N) is 3. The smallest absolute Gasteiger partial charge is 0.256 e. The topological polar surface area (TPSA) is 300 Å². The fraction of sp³-hybridized carbons (Fsp3) is 0.333. The van der Waals surface area contributed by atoms with Gasteiger partial charge in [-0.3, -0.25) is 59.0 Å². The number of amidine groups is 3. The van der Waals surface area contributed by atoms with E-state index in [0.717, 1.165) is 237 Å². The van der Waals surface area contributed by atoms with Crippen LogP contribution in [0.1, 0.15) is 150 Å². The molecule has 20 rings (SSSR count). The van der Waals surface area contributed by atoms with Gasteiger partial charge in [0.25, 0.3) is 17.7 Å². The number of H-pyrrole nitrogens is 3. The molecule has 0 radical (unpaired) electrons. The number of benzene rings is 6. The Morgan fingerprint density at radius 3 is 0.947 bits per heavy atom. The average molecular weight is 1510 g/mol. The van der Waals surface area contributed by atoms with Gasteiger partial charge in [0.05, 0.1) is 36.7 Å². The van der Waals surface area contributed by atoms with E-state index in [4.69, 9.17) is 15.0 Å². The van der Waals surface area contributed by atoms with E-state index in [9.17, 15) is 14.4 Å². The van der Waals surface area contributed by atoms with E-state index in [1.165, 1.54) is 0 Å². The first-order valence-corrected chi connectivity index (χ1v) is 40.1. The first-order valence-electron chi connectivity index (χ1n) is 40.1. The Morgan fingerprint density at radius 2 is 0.658 bits per heavy atom. The summed E-state index contributed by atoms with van der Waals surface area (Å²) in [5.74, 6) is 6.28. The highest BCUT2D eigenvalue weighted by molar-refractivity contribution is 6.11. The molecule has 6 aromatic heterocycles. The van der Waals surface area contributed by atoms with Gasteiger partial charge >= 0.3 is 0 Å². The lowest BCUT2D eigenvalue weighted by molar-refractivity contribution is -0.132. The first kappa shape index (κ1) is 72.9. The molecule has 24 nitrogen and oxygen atoms in total. The molecule has 8 aliphatic rings. The van der Waals surface area contributed by atoms with Crippen molar-refractivity contribution >= 4 is 35.2 Å². The third-order valence-corrected chi connectivity index (χ3v) is 23.7. The van der Waals surface area contributed by atoms with Gasteiger partial charge in [0.15, 0.2) is 0 Å². The van der Waals surface area contributed by atoms with Gasteiger partial charge in [-0.15, -0.1) is 30.6 Å². The van der Waals surface area contributed by atoms with Crippen molar-refractivity contribution in [1.29, 1.82) is 0 Å². The second-order valence-electron chi connectivity index (χ2n) is 32.2. The number of pyridine rings is 3.